The zero-order chi connectivity index (χ0) is 21.9. The lowest BCUT2D eigenvalue weighted by Crippen LogP contribution is -2.44. The van der Waals surface area contributed by atoms with Gasteiger partial charge in [0.1, 0.15) is 0 Å². The van der Waals surface area contributed by atoms with Crippen LogP contribution < -0.4 is 21.5 Å². The van der Waals surface area contributed by atoms with Gasteiger partial charge in [-0.2, -0.15) is 13.2 Å². The molecular weight excluding hydrogens is 403 g/mol. The Kier molecular flexibility index (Phi) is 6.30. The molecule has 0 saturated carbocycles. The van der Waals surface area contributed by atoms with Crippen molar-refractivity contribution < 1.29 is 18.0 Å². The van der Waals surface area contributed by atoms with Crippen LogP contribution in [0.3, 0.4) is 0 Å². The van der Waals surface area contributed by atoms with Gasteiger partial charge in [0.15, 0.2) is 0 Å². The number of amides is 1. The highest BCUT2D eigenvalue weighted by Gasteiger charge is 2.32. The van der Waals surface area contributed by atoms with Crippen LogP contribution >= 0.6 is 0 Å². The summed E-state index contributed by atoms with van der Waals surface area (Å²) >= 11 is 0. The smallest absolute Gasteiger partial charge is 0.367 e. The highest BCUT2D eigenvalue weighted by molar-refractivity contribution is 5.94. The van der Waals surface area contributed by atoms with Crippen molar-refractivity contribution in [2.45, 2.75) is 19.1 Å². The summed E-state index contributed by atoms with van der Waals surface area (Å²) in [5.74, 6) is -0.539. The Balaban J connectivity index is 1.78. The van der Waals surface area contributed by atoms with Crippen molar-refractivity contribution in [3.05, 3.63) is 56.9 Å². The minimum absolute atomic E-state index is 0.0236. The number of rotatable bonds is 5. The highest BCUT2D eigenvalue weighted by atomic mass is 19.4. The van der Waals surface area contributed by atoms with Crippen LogP contribution in [0.4, 0.5) is 24.5 Å². The zero-order valence-electron chi connectivity index (χ0n) is 16.3. The third-order valence-corrected chi connectivity index (χ3v) is 4.92. The van der Waals surface area contributed by atoms with E-state index in [1.807, 2.05) is 11.9 Å². The summed E-state index contributed by atoms with van der Waals surface area (Å²) in [6, 6.07) is 4.45. The number of benzene rings is 1. The van der Waals surface area contributed by atoms with Crippen molar-refractivity contribution in [1.29, 1.82) is 0 Å². The van der Waals surface area contributed by atoms with E-state index < -0.39 is 28.9 Å². The number of anilines is 2. The average molecular weight is 425 g/mol. The molecule has 2 heterocycles. The van der Waals surface area contributed by atoms with E-state index in [2.05, 4.69) is 15.2 Å². The number of nitrogens with one attached hydrogen (secondary N) is 2. The Morgan fingerprint density at radius 2 is 1.83 bits per heavy atom. The van der Waals surface area contributed by atoms with Crippen LogP contribution in [0.5, 0.6) is 0 Å². The average Bonchev–Trinajstić information content (AvgIpc) is 2.67. The second kappa shape index (κ2) is 8.74. The lowest BCUT2D eigenvalue weighted by atomic mass is 10.1. The molecular formula is C19H22F3N5O3. The fourth-order valence-corrected chi connectivity index (χ4v) is 3.19. The molecule has 3 rings (SSSR count). The Labute approximate surface area is 169 Å². The summed E-state index contributed by atoms with van der Waals surface area (Å²) in [6.07, 6.45) is -3.43. The molecule has 1 aliphatic heterocycles. The second-order valence-electron chi connectivity index (χ2n) is 7.12. The van der Waals surface area contributed by atoms with Gasteiger partial charge in [0.25, 0.3) is 5.56 Å². The molecule has 2 aromatic rings. The van der Waals surface area contributed by atoms with Gasteiger partial charge in [-0.3, -0.25) is 14.6 Å². The van der Waals surface area contributed by atoms with Crippen molar-refractivity contribution in [2.75, 3.05) is 43.4 Å². The summed E-state index contributed by atoms with van der Waals surface area (Å²) in [6.45, 7) is 2.73. The molecule has 1 saturated heterocycles. The summed E-state index contributed by atoms with van der Waals surface area (Å²) in [5.41, 5.74) is -1.47. The van der Waals surface area contributed by atoms with Crippen LogP contribution in [-0.4, -0.2) is 53.6 Å². The number of halogens is 3. The standard InChI is InChI=1S/C19H22F3N5O3/c1-25-8-10-26(11-9-25)15-3-2-13(19(20,21)22)12-14(15)23-16(28)4-6-27-7-5-17(29)24-18(27)30/h2-3,5,7,12H,4,6,8-11H2,1H3,(H,23,28)(H,24,29,30). The maximum atomic E-state index is 13.2. The number of H-pyrrole nitrogens is 1. The number of carbonyl (C=O) groups is 1. The van der Waals surface area contributed by atoms with Gasteiger partial charge in [-0.1, -0.05) is 0 Å². The number of hydrogen-bond donors (Lipinski definition) is 2. The predicted molar refractivity (Wildman–Crippen MR) is 106 cm³/mol. The van der Waals surface area contributed by atoms with E-state index in [-0.39, 0.29) is 18.7 Å². The van der Waals surface area contributed by atoms with Crippen LogP contribution in [0.15, 0.2) is 40.1 Å². The molecule has 0 spiro atoms. The number of piperazine rings is 1. The van der Waals surface area contributed by atoms with E-state index in [9.17, 15) is 27.6 Å². The highest BCUT2D eigenvalue weighted by Crippen LogP contribution is 2.35. The number of likely N-dealkylation sites (N-methyl/N-ethyl adjacent to an activating group) is 1. The first-order valence-electron chi connectivity index (χ1n) is 9.38. The maximum absolute atomic E-state index is 13.2. The molecule has 8 nitrogen and oxygen atoms in total. The van der Waals surface area contributed by atoms with E-state index in [1.54, 1.807) is 0 Å². The fraction of sp³-hybridized carbons (Fsp3) is 0.421. The van der Waals surface area contributed by atoms with Crippen LogP contribution in [0, 0.1) is 0 Å². The molecule has 0 radical (unpaired) electrons. The number of aromatic amines is 1. The van der Waals surface area contributed by atoms with Crippen LogP contribution in [0.1, 0.15) is 12.0 Å². The number of aryl methyl sites for hydroxylation is 1. The molecule has 0 unspecified atom stereocenters. The van der Waals surface area contributed by atoms with Gasteiger partial charge in [-0.25, -0.2) is 4.79 Å². The van der Waals surface area contributed by atoms with Crippen LogP contribution in [0.25, 0.3) is 0 Å². The third kappa shape index (κ3) is 5.29. The predicted octanol–water partition coefficient (Wildman–Crippen LogP) is 1.34. The molecule has 0 aliphatic carbocycles. The summed E-state index contributed by atoms with van der Waals surface area (Å²) < 4.78 is 40.7. The molecule has 2 N–H and O–H groups in total. The van der Waals surface area contributed by atoms with Gasteiger partial charge in [0.05, 0.1) is 16.9 Å². The van der Waals surface area contributed by atoms with E-state index in [4.69, 9.17) is 0 Å². The Bertz CT molecular complexity index is 1020. The topological polar surface area (TPSA) is 90.4 Å². The van der Waals surface area contributed by atoms with E-state index in [0.29, 0.717) is 18.8 Å². The van der Waals surface area contributed by atoms with Crippen LogP contribution in [-0.2, 0) is 17.5 Å². The lowest BCUT2D eigenvalue weighted by Gasteiger charge is -2.35. The number of nitrogens with zero attached hydrogens (tertiary/aromatic N) is 3. The molecule has 0 bridgehead atoms. The summed E-state index contributed by atoms with van der Waals surface area (Å²) in [5, 5.41) is 2.55. The van der Waals surface area contributed by atoms with E-state index in [0.717, 1.165) is 35.9 Å². The number of aromatic nitrogens is 2. The van der Waals surface area contributed by atoms with Gasteiger partial charge in [0.2, 0.25) is 5.91 Å². The van der Waals surface area contributed by atoms with Gasteiger partial charge in [0, 0.05) is 51.4 Å². The molecule has 1 aromatic carbocycles. The van der Waals surface area contributed by atoms with Crippen molar-refractivity contribution in [2.24, 2.45) is 0 Å². The minimum Gasteiger partial charge on any atom is -0.367 e. The molecule has 162 valence electrons. The molecule has 1 amide bonds. The summed E-state index contributed by atoms with van der Waals surface area (Å²) in [4.78, 5) is 41.3. The largest absolute Gasteiger partial charge is 0.416 e. The van der Waals surface area contributed by atoms with Gasteiger partial charge >= 0.3 is 11.9 Å². The zero-order valence-corrected chi connectivity index (χ0v) is 16.3. The minimum atomic E-state index is -4.54. The van der Waals surface area contributed by atoms with Crippen molar-refractivity contribution >= 4 is 17.3 Å². The second-order valence-corrected chi connectivity index (χ2v) is 7.12. The quantitative estimate of drug-likeness (QED) is 0.755. The number of alkyl halides is 3. The van der Waals surface area contributed by atoms with Crippen LogP contribution in [0.2, 0.25) is 0 Å². The van der Waals surface area contributed by atoms with E-state index in [1.165, 1.54) is 12.3 Å². The van der Waals surface area contributed by atoms with Gasteiger partial charge < -0.3 is 19.7 Å². The molecule has 11 heteroatoms. The summed E-state index contributed by atoms with van der Waals surface area (Å²) in [7, 11) is 1.96. The first kappa shape index (κ1) is 21.6. The van der Waals surface area contributed by atoms with Crippen molar-refractivity contribution in [3.63, 3.8) is 0 Å². The Hall–Kier alpha value is -3.08. The van der Waals surface area contributed by atoms with Gasteiger partial charge in [-0.15, -0.1) is 0 Å². The first-order chi connectivity index (χ1) is 14.1. The Morgan fingerprint density at radius 1 is 1.13 bits per heavy atom. The van der Waals surface area contributed by atoms with Gasteiger partial charge in [-0.05, 0) is 25.2 Å². The first-order valence-corrected chi connectivity index (χ1v) is 9.38. The monoisotopic (exact) mass is 425 g/mol. The third-order valence-electron chi connectivity index (χ3n) is 4.92. The Morgan fingerprint density at radius 3 is 2.47 bits per heavy atom. The van der Waals surface area contributed by atoms with E-state index >= 15 is 0 Å². The molecule has 1 fully saturated rings. The fourth-order valence-electron chi connectivity index (χ4n) is 3.19. The van der Waals surface area contributed by atoms with Crippen molar-refractivity contribution in [1.82, 2.24) is 14.5 Å². The molecule has 1 aliphatic rings. The number of hydrogen-bond acceptors (Lipinski definition) is 5. The number of carbonyl (C=O) groups excluding carboxylic acids is 1. The normalized spacial score (nSPS) is 15.3. The van der Waals surface area contributed by atoms with Crippen molar-refractivity contribution in [3.8, 4) is 0 Å². The maximum Gasteiger partial charge on any atom is 0.416 e. The molecule has 1 aromatic heterocycles. The lowest BCUT2D eigenvalue weighted by molar-refractivity contribution is -0.137. The molecule has 0 atom stereocenters. The molecule has 30 heavy (non-hydrogen) atoms. The SMILES string of the molecule is CN1CCN(c2ccc(C(F)(F)F)cc2NC(=O)CCn2ccc(=O)[nH]c2=O)CC1.